The van der Waals surface area contributed by atoms with Gasteiger partial charge < -0.3 is 9.80 Å². The molecule has 27 heavy (non-hydrogen) atoms. The molecule has 0 spiro atoms. The Kier molecular flexibility index (Phi) is 4.63. The first-order valence-electron chi connectivity index (χ1n) is 9.26. The molecule has 0 saturated carbocycles. The average molecular weight is 358 g/mol. The summed E-state index contributed by atoms with van der Waals surface area (Å²) in [5.74, 6) is 0.166. The van der Waals surface area contributed by atoms with Gasteiger partial charge in [-0.3, -0.25) is 9.59 Å². The van der Waals surface area contributed by atoms with Crippen LogP contribution in [0.1, 0.15) is 27.6 Å². The number of piperazine rings is 1. The molecular formula is C23H22N2O2. The quantitative estimate of drug-likeness (QED) is 0.665. The molecule has 3 aromatic carbocycles. The van der Waals surface area contributed by atoms with E-state index < -0.39 is 0 Å². The minimum atomic E-state index is 0.0763. The largest absolute Gasteiger partial charge is 0.368 e. The molecule has 1 saturated heterocycles. The smallest absolute Gasteiger partial charge is 0.253 e. The Bertz CT molecular complexity index is 987. The van der Waals surface area contributed by atoms with Crippen molar-refractivity contribution in [3.05, 3.63) is 77.9 Å². The Morgan fingerprint density at radius 1 is 0.741 bits per heavy atom. The van der Waals surface area contributed by atoms with Crippen molar-refractivity contribution >= 4 is 28.2 Å². The van der Waals surface area contributed by atoms with Gasteiger partial charge in [-0.25, -0.2) is 0 Å². The lowest BCUT2D eigenvalue weighted by atomic mass is 10.1. The number of fused-ring (bicyclic) bond motifs is 1. The van der Waals surface area contributed by atoms with E-state index in [0.717, 1.165) is 40.7 Å². The van der Waals surface area contributed by atoms with E-state index in [4.69, 9.17) is 0 Å². The standard InChI is InChI=1S/C23H22N2O2/c1-17(26)18-8-10-22(11-9-18)24-12-14-25(15-13-24)23(27)21-7-6-19-4-2-3-5-20(19)16-21/h2-11,16H,12-15H2,1H3. The lowest BCUT2D eigenvalue weighted by molar-refractivity contribution is 0.0746. The van der Waals surface area contributed by atoms with Gasteiger partial charge in [-0.1, -0.05) is 30.3 Å². The average Bonchev–Trinajstić information content (AvgIpc) is 2.73. The van der Waals surface area contributed by atoms with E-state index in [-0.39, 0.29) is 11.7 Å². The van der Waals surface area contributed by atoms with Crippen LogP contribution in [-0.2, 0) is 0 Å². The number of hydrogen-bond acceptors (Lipinski definition) is 3. The number of ketones is 1. The summed E-state index contributed by atoms with van der Waals surface area (Å²) in [6, 6.07) is 21.7. The van der Waals surface area contributed by atoms with Gasteiger partial charge in [0.05, 0.1) is 0 Å². The van der Waals surface area contributed by atoms with Crippen molar-refractivity contribution in [1.29, 1.82) is 0 Å². The number of nitrogens with zero attached hydrogens (tertiary/aromatic N) is 2. The topological polar surface area (TPSA) is 40.6 Å². The number of carbonyl (C=O) groups excluding carboxylic acids is 2. The maximum atomic E-state index is 12.9. The lowest BCUT2D eigenvalue weighted by Crippen LogP contribution is -2.48. The Balaban J connectivity index is 1.43. The highest BCUT2D eigenvalue weighted by Gasteiger charge is 2.22. The molecule has 4 heteroatoms. The van der Waals surface area contributed by atoms with Crippen molar-refractivity contribution in [3.8, 4) is 0 Å². The third-order valence-corrected chi connectivity index (χ3v) is 5.20. The number of rotatable bonds is 3. The number of anilines is 1. The number of benzene rings is 3. The van der Waals surface area contributed by atoms with Crippen LogP contribution in [0.4, 0.5) is 5.69 Å². The SMILES string of the molecule is CC(=O)c1ccc(N2CCN(C(=O)c3ccc4ccccc4c3)CC2)cc1. The highest BCUT2D eigenvalue weighted by molar-refractivity contribution is 5.98. The van der Waals surface area contributed by atoms with Crippen molar-refractivity contribution < 1.29 is 9.59 Å². The van der Waals surface area contributed by atoms with E-state index in [1.54, 1.807) is 6.92 Å². The summed E-state index contributed by atoms with van der Waals surface area (Å²) in [5, 5.41) is 2.24. The highest BCUT2D eigenvalue weighted by Crippen LogP contribution is 2.20. The number of amides is 1. The van der Waals surface area contributed by atoms with Gasteiger partial charge in [0.2, 0.25) is 0 Å². The van der Waals surface area contributed by atoms with E-state index in [1.807, 2.05) is 65.6 Å². The molecule has 1 aliphatic rings. The minimum absolute atomic E-state index is 0.0763. The van der Waals surface area contributed by atoms with Gasteiger partial charge >= 0.3 is 0 Å². The summed E-state index contributed by atoms with van der Waals surface area (Å²) in [6.07, 6.45) is 0. The maximum absolute atomic E-state index is 12.9. The molecule has 4 nitrogen and oxygen atoms in total. The molecular weight excluding hydrogens is 336 g/mol. The van der Waals surface area contributed by atoms with E-state index >= 15 is 0 Å². The molecule has 0 aromatic heterocycles. The summed E-state index contributed by atoms with van der Waals surface area (Å²) >= 11 is 0. The fourth-order valence-corrected chi connectivity index (χ4v) is 3.58. The van der Waals surface area contributed by atoms with Crippen LogP contribution in [0.15, 0.2) is 66.7 Å². The summed E-state index contributed by atoms with van der Waals surface area (Å²) < 4.78 is 0. The van der Waals surface area contributed by atoms with Crippen LogP contribution in [0, 0.1) is 0 Å². The molecule has 0 aliphatic carbocycles. The first-order chi connectivity index (χ1) is 13.1. The normalized spacial score (nSPS) is 14.4. The van der Waals surface area contributed by atoms with E-state index in [9.17, 15) is 9.59 Å². The van der Waals surface area contributed by atoms with E-state index in [1.165, 1.54) is 0 Å². The molecule has 0 unspecified atom stereocenters. The summed E-state index contributed by atoms with van der Waals surface area (Å²) in [5.41, 5.74) is 2.56. The van der Waals surface area contributed by atoms with E-state index in [0.29, 0.717) is 13.1 Å². The van der Waals surface area contributed by atoms with Crippen molar-refractivity contribution in [1.82, 2.24) is 4.90 Å². The van der Waals surface area contributed by atoms with Gasteiger partial charge in [-0.15, -0.1) is 0 Å². The molecule has 1 heterocycles. The predicted molar refractivity (Wildman–Crippen MR) is 109 cm³/mol. The molecule has 4 rings (SSSR count). The molecule has 1 aliphatic heterocycles. The number of hydrogen-bond donors (Lipinski definition) is 0. The Morgan fingerprint density at radius 2 is 1.37 bits per heavy atom. The zero-order valence-corrected chi connectivity index (χ0v) is 15.4. The molecule has 136 valence electrons. The van der Waals surface area contributed by atoms with Gasteiger partial charge in [-0.05, 0) is 54.1 Å². The minimum Gasteiger partial charge on any atom is -0.368 e. The van der Waals surface area contributed by atoms with Crippen LogP contribution >= 0.6 is 0 Å². The molecule has 0 atom stereocenters. The van der Waals surface area contributed by atoms with Crippen molar-refractivity contribution in [2.75, 3.05) is 31.1 Å². The van der Waals surface area contributed by atoms with Crippen LogP contribution in [0.3, 0.4) is 0 Å². The Morgan fingerprint density at radius 3 is 2.04 bits per heavy atom. The highest BCUT2D eigenvalue weighted by atomic mass is 16.2. The summed E-state index contributed by atoms with van der Waals surface area (Å²) in [4.78, 5) is 28.5. The second-order valence-electron chi connectivity index (χ2n) is 6.94. The van der Waals surface area contributed by atoms with Crippen LogP contribution < -0.4 is 4.90 Å². The summed E-state index contributed by atoms with van der Waals surface area (Å²) in [6.45, 7) is 4.55. The van der Waals surface area contributed by atoms with Crippen molar-refractivity contribution in [2.45, 2.75) is 6.92 Å². The maximum Gasteiger partial charge on any atom is 0.253 e. The third kappa shape index (κ3) is 3.56. The second kappa shape index (κ2) is 7.23. The van der Waals surface area contributed by atoms with Gasteiger partial charge in [0.25, 0.3) is 5.91 Å². The molecule has 0 radical (unpaired) electrons. The zero-order valence-electron chi connectivity index (χ0n) is 15.4. The number of carbonyl (C=O) groups is 2. The molecule has 0 bridgehead atoms. The fourth-order valence-electron chi connectivity index (χ4n) is 3.58. The zero-order chi connectivity index (χ0) is 18.8. The lowest BCUT2D eigenvalue weighted by Gasteiger charge is -2.36. The Hall–Kier alpha value is -3.14. The van der Waals surface area contributed by atoms with Crippen LogP contribution in [0.25, 0.3) is 10.8 Å². The number of Topliss-reactive ketones (excluding diaryl/α,β-unsaturated/α-hetero) is 1. The fraction of sp³-hybridized carbons (Fsp3) is 0.217. The van der Waals surface area contributed by atoms with Gasteiger partial charge in [0, 0.05) is 43.0 Å². The first kappa shape index (κ1) is 17.3. The monoisotopic (exact) mass is 358 g/mol. The molecule has 0 N–H and O–H groups in total. The predicted octanol–water partition coefficient (Wildman–Crippen LogP) is 4.00. The Labute approximate surface area is 159 Å². The molecule has 3 aromatic rings. The van der Waals surface area contributed by atoms with Crippen LogP contribution in [-0.4, -0.2) is 42.8 Å². The summed E-state index contributed by atoms with van der Waals surface area (Å²) in [7, 11) is 0. The van der Waals surface area contributed by atoms with Gasteiger partial charge in [0.1, 0.15) is 0 Å². The van der Waals surface area contributed by atoms with Crippen LogP contribution in [0.5, 0.6) is 0 Å². The van der Waals surface area contributed by atoms with Gasteiger partial charge in [0.15, 0.2) is 5.78 Å². The van der Waals surface area contributed by atoms with Gasteiger partial charge in [-0.2, -0.15) is 0 Å². The van der Waals surface area contributed by atoms with Crippen LogP contribution in [0.2, 0.25) is 0 Å². The van der Waals surface area contributed by atoms with Crippen molar-refractivity contribution in [2.24, 2.45) is 0 Å². The van der Waals surface area contributed by atoms with Crippen molar-refractivity contribution in [3.63, 3.8) is 0 Å². The van der Waals surface area contributed by atoms with E-state index in [2.05, 4.69) is 11.0 Å². The first-order valence-corrected chi connectivity index (χ1v) is 9.26. The molecule has 1 fully saturated rings. The molecule has 1 amide bonds. The third-order valence-electron chi connectivity index (χ3n) is 5.20. The second-order valence-corrected chi connectivity index (χ2v) is 6.94.